The first-order valence-corrected chi connectivity index (χ1v) is 7.06. The molecular formula is C16H21F2NO3. The minimum atomic E-state index is -0.877. The molecule has 122 valence electrons. The molecule has 0 saturated heterocycles. The number of Topliss-reactive ketones (excluding diaryl/α,β-unsaturated/α-hetero) is 1. The molecule has 1 aromatic rings. The lowest BCUT2D eigenvalue weighted by Gasteiger charge is -2.21. The Hall–Kier alpha value is -1.98. The monoisotopic (exact) mass is 313 g/mol. The number of amides is 1. The van der Waals surface area contributed by atoms with Crippen molar-refractivity contribution in [2.45, 2.75) is 52.2 Å². The maximum atomic E-state index is 13.5. The first-order chi connectivity index (χ1) is 10.1. The van der Waals surface area contributed by atoms with Gasteiger partial charge in [-0.05, 0) is 46.2 Å². The first kappa shape index (κ1) is 18.1. The number of carbonyl (C=O) groups is 2. The van der Waals surface area contributed by atoms with Crippen molar-refractivity contribution in [2.24, 2.45) is 0 Å². The number of ketones is 1. The maximum absolute atomic E-state index is 13.5. The van der Waals surface area contributed by atoms with Gasteiger partial charge in [0.05, 0.1) is 5.56 Å². The Labute approximate surface area is 128 Å². The summed E-state index contributed by atoms with van der Waals surface area (Å²) in [5.74, 6) is -2.04. The van der Waals surface area contributed by atoms with Gasteiger partial charge < -0.3 is 10.1 Å². The van der Waals surface area contributed by atoms with E-state index in [0.717, 1.165) is 12.1 Å². The Bertz CT molecular complexity index is 553. The summed E-state index contributed by atoms with van der Waals surface area (Å²) in [6, 6.07) is 2.54. The zero-order valence-corrected chi connectivity index (χ0v) is 13.2. The van der Waals surface area contributed by atoms with Gasteiger partial charge in [-0.25, -0.2) is 13.6 Å². The zero-order chi connectivity index (χ0) is 16.9. The summed E-state index contributed by atoms with van der Waals surface area (Å²) in [5, 5.41) is 2.60. The summed E-state index contributed by atoms with van der Waals surface area (Å²) in [4.78, 5) is 23.4. The third kappa shape index (κ3) is 6.20. The zero-order valence-electron chi connectivity index (χ0n) is 13.2. The van der Waals surface area contributed by atoms with E-state index in [0.29, 0.717) is 12.5 Å². The quantitative estimate of drug-likeness (QED) is 0.840. The van der Waals surface area contributed by atoms with Crippen LogP contribution in [0.5, 0.6) is 0 Å². The van der Waals surface area contributed by atoms with Crippen molar-refractivity contribution in [1.29, 1.82) is 0 Å². The highest BCUT2D eigenvalue weighted by molar-refractivity contribution is 5.96. The highest BCUT2D eigenvalue weighted by atomic mass is 19.1. The van der Waals surface area contributed by atoms with Crippen LogP contribution in [0.25, 0.3) is 0 Å². The van der Waals surface area contributed by atoms with Gasteiger partial charge in [0.1, 0.15) is 17.2 Å². The molecule has 0 radical (unpaired) electrons. The third-order valence-electron chi connectivity index (χ3n) is 2.80. The van der Waals surface area contributed by atoms with Gasteiger partial charge in [0.25, 0.3) is 0 Å². The molecule has 0 aliphatic carbocycles. The lowest BCUT2D eigenvalue weighted by molar-refractivity contribution is 0.0504. The Morgan fingerprint density at radius 2 is 1.91 bits per heavy atom. The summed E-state index contributed by atoms with van der Waals surface area (Å²) < 4.78 is 31.4. The topological polar surface area (TPSA) is 55.4 Å². The van der Waals surface area contributed by atoms with Crippen LogP contribution in [0.2, 0.25) is 0 Å². The molecule has 1 amide bonds. The number of benzene rings is 1. The van der Waals surface area contributed by atoms with E-state index in [1.807, 2.05) is 0 Å². The van der Waals surface area contributed by atoms with Crippen LogP contribution in [0.1, 0.15) is 50.9 Å². The molecule has 0 aliphatic heterocycles. The Morgan fingerprint density at radius 1 is 1.27 bits per heavy atom. The van der Waals surface area contributed by atoms with E-state index in [4.69, 9.17) is 4.74 Å². The van der Waals surface area contributed by atoms with Gasteiger partial charge in [-0.3, -0.25) is 4.79 Å². The van der Waals surface area contributed by atoms with E-state index in [1.165, 1.54) is 0 Å². The van der Waals surface area contributed by atoms with Crippen molar-refractivity contribution in [1.82, 2.24) is 5.32 Å². The van der Waals surface area contributed by atoms with Crippen LogP contribution in [-0.2, 0) is 4.74 Å². The second kappa shape index (κ2) is 7.33. The summed E-state index contributed by atoms with van der Waals surface area (Å²) in [7, 11) is 0. The smallest absolute Gasteiger partial charge is 0.407 e. The largest absolute Gasteiger partial charge is 0.444 e. The normalized spacial score (nSPS) is 12.6. The Morgan fingerprint density at radius 3 is 2.45 bits per heavy atom. The van der Waals surface area contributed by atoms with E-state index in [2.05, 4.69) is 5.32 Å². The van der Waals surface area contributed by atoms with E-state index < -0.39 is 29.1 Å². The van der Waals surface area contributed by atoms with Crippen LogP contribution in [0.15, 0.2) is 18.2 Å². The number of rotatable bonds is 5. The van der Waals surface area contributed by atoms with Crippen LogP contribution in [0, 0.1) is 11.6 Å². The molecule has 1 aromatic carbocycles. The second-order valence-corrected chi connectivity index (χ2v) is 6.13. The van der Waals surface area contributed by atoms with Crippen molar-refractivity contribution < 1.29 is 23.1 Å². The van der Waals surface area contributed by atoms with Crippen molar-refractivity contribution in [2.75, 3.05) is 0 Å². The highest BCUT2D eigenvalue weighted by Gasteiger charge is 2.19. The number of alkyl carbamates (subject to hydrolysis) is 1. The summed E-state index contributed by atoms with van der Waals surface area (Å²) >= 11 is 0. The predicted molar refractivity (Wildman–Crippen MR) is 78.8 cm³/mol. The van der Waals surface area contributed by atoms with Crippen molar-refractivity contribution >= 4 is 11.9 Å². The van der Waals surface area contributed by atoms with Crippen LogP contribution in [0.4, 0.5) is 13.6 Å². The molecule has 1 atom stereocenters. The fraction of sp³-hybridized carbons (Fsp3) is 0.500. The van der Waals surface area contributed by atoms with Crippen LogP contribution in [-0.4, -0.2) is 23.5 Å². The van der Waals surface area contributed by atoms with Gasteiger partial charge in [-0.15, -0.1) is 0 Å². The van der Waals surface area contributed by atoms with Crippen molar-refractivity contribution in [3.63, 3.8) is 0 Å². The fourth-order valence-electron chi connectivity index (χ4n) is 1.78. The number of ether oxygens (including phenoxy) is 1. The average Bonchev–Trinajstić information content (AvgIpc) is 2.33. The summed E-state index contributed by atoms with van der Waals surface area (Å²) in [6.45, 7) is 6.96. The average molecular weight is 313 g/mol. The van der Waals surface area contributed by atoms with E-state index >= 15 is 0 Å². The SMILES string of the molecule is C[C@@H](CCC(=O)c1ccc(F)cc1F)NC(=O)OC(C)(C)C. The van der Waals surface area contributed by atoms with Crippen LogP contribution < -0.4 is 5.32 Å². The molecule has 0 bridgehead atoms. The summed E-state index contributed by atoms with van der Waals surface area (Å²) in [6.07, 6.45) is -0.200. The summed E-state index contributed by atoms with van der Waals surface area (Å²) in [5.41, 5.74) is -0.748. The molecule has 22 heavy (non-hydrogen) atoms. The molecule has 4 nitrogen and oxygen atoms in total. The van der Waals surface area contributed by atoms with Gasteiger partial charge in [-0.1, -0.05) is 0 Å². The van der Waals surface area contributed by atoms with Gasteiger partial charge in [0.2, 0.25) is 0 Å². The standard InChI is InChI=1S/C16H21F2NO3/c1-10(19-15(21)22-16(2,3)4)5-8-14(20)12-7-6-11(17)9-13(12)18/h6-7,9-10H,5,8H2,1-4H3,(H,19,21)/t10-/m0/s1. The second-order valence-electron chi connectivity index (χ2n) is 6.13. The molecule has 0 heterocycles. The van der Waals surface area contributed by atoms with E-state index in [9.17, 15) is 18.4 Å². The van der Waals surface area contributed by atoms with E-state index in [1.54, 1.807) is 27.7 Å². The molecule has 0 aromatic heterocycles. The minimum Gasteiger partial charge on any atom is -0.444 e. The van der Waals surface area contributed by atoms with Crippen LogP contribution >= 0.6 is 0 Å². The number of hydrogen-bond donors (Lipinski definition) is 1. The molecule has 0 unspecified atom stereocenters. The molecule has 0 saturated carbocycles. The molecule has 0 aliphatic rings. The molecule has 0 spiro atoms. The Kier molecular flexibility index (Phi) is 6.02. The lowest BCUT2D eigenvalue weighted by atomic mass is 10.0. The molecular weight excluding hydrogens is 292 g/mol. The van der Waals surface area contributed by atoms with Gasteiger partial charge >= 0.3 is 6.09 Å². The Balaban J connectivity index is 2.48. The number of nitrogens with one attached hydrogen (secondary N) is 1. The lowest BCUT2D eigenvalue weighted by Crippen LogP contribution is -2.37. The molecule has 0 fully saturated rings. The molecule has 1 rings (SSSR count). The van der Waals surface area contributed by atoms with Gasteiger partial charge in [0.15, 0.2) is 5.78 Å². The van der Waals surface area contributed by atoms with Crippen molar-refractivity contribution in [3.8, 4) is 0 Å². The highest BCUT2D eigenvalue weighted by Crippen LogP contribution is 2.14. The molecule has 6 heteroatoms. The van der Waals surface area contributed by atoms with Gasteiger partial charge in [-0.2, -0.15) is 0 Å². The third-order valence-corrected chi connectivity index (χ3v) is 2.80. The van der Waals surface area contributed by atoms with Crippen molar-refractivity contribution in [3.05, 3.63) is 35.4 Å². The number of carbonyl (C=O) groups excluding carboxylic acids is 2. The van der Waals surface area contributed by atoms with E-state index in [-0.39, 0.29) is 18.0 Å². The first-order valence-electron chi connectivity index (χ1n) is 7.06. The maximum Gasteiger partial charge on any atom is 0.407 e. The molecule has 1 N–H and O–H groups in total. The fourth-order valence-corrected chi connectivity index (χ4v) is 1.78. The number of hydrogen-bond acceptors (Lipinski definition) is 3. The number of halogens is 2. The minimum absolute atomic E-state index is 0.0412. The van der Waals surface area contributed by atoms with Gasteiger partial charge in [0, 0.05) is 18.5 Å². The predicted octanol–water partition coefficient (Wildman–Crippen LogP) is 3.84. The van der Waals surface area contributed by atoms with Crippen LogP contribution in [0.3, 0.4) is 0 Å².